The summed E-state index contributed by atoms with van der Waals surface area (Å²) in [7, 11) is 4.69. The minimum absolute atomic E-state index is 0.305. The zero-order chi connectivity index (χ0) is 16.6. The number of aryl methyl sites for hydroxylation is 2. The Balaban J connectivity index is 2.03. The third-order valence-electron chi connectivity index (χ3n) is 3.54. The maximum absolute atomic E-state index is 12.2. The highest BCUT2D eigenvalue weighted by atomic mass is 16.2. The van der Waals surface area contributed by atoms with E-state index < -0.39 is 11.2 Å². The van der Waals surface area contributed by atoms with Crippen molar-refractivity contribution in [3.63, 3.8) is 0 Å². The van der Waals surface area contributed by atoms with Gasteiger partial charge in [0, 0.05) is 39.1 Å². The Kier molecular flexibility index (Phi) is 3.53. The lowest BCUT2D eigenvalue weighted by molar-refractivity contribution is 0.705. The summed E-state index contributed by atoms with van der Waals surface area (Å²) in [6, 6.07) is 3.66. The van der Waals surface area contributed by atoms with Crippen LogP contribution in [0.5, 0.6) is 0 Å². The number of hydrogen-bond donors (Lipinski definition) is 1. The Morgan fingerprint density at radius 2 is 1.96 bits per heavy atom. The molecule has 0 saturated heterocycles. The molecule has 9 heteroatoms. The normalized spacial score (nSPS) is 11.4. The summed E-state index contributed by atoms with van der Waals surface area (Å²) in [5.41, 5.74) is 3.40. The molecule has 118 valence electrons. The SMILES string of the molecule is Cn1c(=O)c2c(nc(NN=Cc3cccnc3)n2C)n(C)c1=O. The molecule has 0 aliphatic carbocycles. The van der Waals surface area contributed by atoms with Gasteiger partial charge in [0.1, 0.15) is 0 Å². The number of anilines is 1. The molecule has 0 atom stereocenters. The number of hydrazone groups is 1. The van der Waals surface area contributed by atoms with E-state index in [4.69, 9.17) is 0 Å². The number of fused-ring (bicyclic) bond motifs is 1. The lowest BCUT2D eigenvalue weighted by Crippen LogP contribution is -2.37. The van der Waals surface area contributed by atoms with Crippen molar-refractivity contribution in [3.05, 3.63) is 50.9 Å². The van der Waals surface area contributed by atoms with Gasteiger partial charge in [-0.2, -0.15) is 10.1 Å². The second kappa shape index (κ2) is 5.52. The van der Waals surface area contributed by atoms with E-state index in [1.807, 2.05) is 6.07 Å². The summed E-state index contributed by atoms with van der Waals surface area (Å²) in [5.74, 6) is 0.360. The predicted octanol–water partition coefficient (Wildman–Crippen LogP) is -0.188. The van der Waals surface area contributed by atoms with Crippen LogP contribution in [-0.2, 0) is 21.1 Å². The van der Waals surface area contributed by atoms with Crippen LogP contribution in [-0.4, -0.2) is 29.9 Å². The molecule has 23 heavy (non-hydrogen) atoms. The fourth-order valence-electron chi connectivity index (χ4n) is 2.24. The van der Waals surface area contributed by atoms with Crippen molar-refractivity contribution in [1.82, 2.24) is 23.7 Å². The summed E-state index contributed by atoms with van der Waals surface area (Å²) >= 11 is 0. The first-order chi connectivity index (χ1) is 11.0. The Morgan fingerprint density at radius 3 is 2.65 bits per heavy atom. The zero-order valence-electron chi connectivity index (χ0n) is 12.9. The average Bonchev–Trinajstić information content (AvgIpc) is 2.89. The molecule has 3 rings (SSSR count). The molecule has 0 unspecified atom stereocenters. The van der Waals surface area contributed by atoms with Gasteiger partial charge in [-0.25, -0.2) is 10.2 Å². The van der Waals surface area contributed by atoms with Gasteiger partial charge in [0.2, 0.25) is 5.95 Å². The minimum Gasteiger partial charge on any atom is -0.306 e. The van der Waals surface area contributed by atoms with Gasteiger partial charge in [-0.15, -0.1) is 0 Å². The van der Waals surface area contributed by atoms with E-state index in [2.05, 4.69) is 20.5 Å². The third kappa shape index (κ3) is 2.41. The molecule has 0 amide bonds. The monoisotopic (exact) mass is 313 g/mol. The van der Waals surface area contributed by atoms with Gasteiger partial charge in [-0.3, -0.25) is 18.9 Å². The van der Waals surface area contributed by atoms with Crippen molar-refractivity contribution in [1.29, 1.82) is 0 Å². The van der Waals surface area contributed by atoms with E-state index in [1.165, 1.54) is 11.6 Å². The van der Waals surface area contributed by atoms with Crippen LogP contribution in [0.3, 0.4) is 0 Å². The van der Waals surface area contributed by atoms with E-state index in [1.54, 1.807) is 43.3 Å². The van der Waals surface area contributed by atoms with Crippen molar-refractivity contribution in [2.45, 2.75) is 0 Å². The molecule has 0 saturated carbocycles. The van der Waals surface area contributed by atoms with Gasteiger partial charge >= 0.3 is 5.69 Å². The van der Waals surface area contributed by atoms with Gasteiger partial charge in [-0.1, -0.05) is 6.07 Å². The predicted molar refractivity (Wildman–Crippen MR) is 86.6 cm³/mol. The first-order valence-electron chi connectivity index (χ1n) is 6.82. The lowest BCUT2D eigenvalue weighted by Gasteiger charge is -2.03. The molecular formula is C14H15N7O2. The number of aromatic nitrogens is 5. The van der Waals surface area contributed by atoms with Gasteiger partial charge in [0.25, 0.3) is 5.56 Å². The molecule has 3 aromatic heterocycles. The van der Waals surface area contributed by atoms with Crippen molar-refractivity contribution >= 4 is 23.3 Å². The zero-order valence-corrected chi connectivity index (χ0v) is 12.9. The number of rotatable bonds is 3. The van der Waals surface area contributed by atoms with E-state index in [-0.39, 0.29) is 0 Å². The number of pyridine rings is 1. The summed E-state index contributed by atoms with van der Waals surface area (Å²) in [5, 5.41) is 4.08. The smallest absolute Gasteiger partial charge is 0.306 e. The highest BCUT2D eigenvalue weighted by Crippen LogP contribution is 2.12. The van der Waals surface area contributed by atoms with Crippen LogP contribution in [0.1, 0.15) is 5.56 Å². The van der Waals surface area contributed by atoms with Crippen LogP contribution in [0.2, 0.25) is 0 Å². The van der Waals surface area contributed by atoms with Crippen molar-refractivity contribution < 1.29 is 0 Å². The van der Waals surface area contributed by atoms with Gasteiger partial charge in [-0.05, 0) is 6.07 Å². The Hall–Kier alpha value is -3.23. The van der Waals surface area contributed by atoms with Gasteiger partial charge in [0.05, 0.1) is 6.21 Å². The van der Waals surface area contributed by atoms with Crippen LogP contribution < -0.4 is 16.7 Å². The summed E-state index contributed by atoms with van der Waals surface area (Å²) in [4.78, 5) is 32.4. The Morgan fingerprint density at radius 1 is 1.17 bits per heavy atom. The van der Waals surface area contributed by atoms with E-state index in [0.29, 0.717) is 17.1 Å². The fraction of sp³-hybridized carbons (Fsp3) is 0.214. The van der Waals surface area contributed by atoms with Gasteiger partial charge < -0.3 is 4.57 Å². The quantitative estimate of drug-likeness (QED) is 0.534. The Labute approximate surface area is 130 Å². The minimum atomic E-state index is -0.425. The Bertz CT molecular complexity index is 1010. The first-order valence-corrected chi connectivity index (χ1v) is 6.82. The molecule has 0 aliphatic heterocycles. The van der Waals surface area contributed by atoms with Crippen LogP contribution >= 0.6 is 0 Å². The lowest BCUT2D eigenvalue weighted by atomic mass is 10.3. The number of hydrogen-bond acceptors (Lipinski definition) is 6. The van der Waals surface area contributed by atoms with Crippen molar-refractivity contribution in [2.75, 3.05) is 5.43 Å². The molecule has 0 radical (unpaired) electrons. The molecule has 3 heterocycles. The summed E-state index contributed by atoms with van der Waals surface area (Å²) in [6.45, 7) is 0. The average molecular weight is 313 g/mol. The number of nitrogens with zero attached hydrogens (tertiary/aromatic N) is 6. The first kappa shape index (κ1) is 14.7. The largest absolute Gasteiger partial charge is 0.332 e. The molecule has 0 aliphatic rings. The fourth-order valence-corrected chi connectivity index (χ4v) is 2.24. The molecule has 0 spiro atoms. The molecule has 1 N–H and O–H groups in total. The summed E-state index contributed by atoms with van der Waals surface area (Å²) < 4.78 is 3.94. The topological polar surface area (TPSA) is 99.1 Å². The van der Waals surface area contributed by atoms with E-state index >= 15 is 0 Å². The summed E-state index contributed by atoms with van der Waals surface area (Å²) in [6.07, 6.45) is 4.93. The number of imidazole rings is 1. The molecule has 0 bridgehead atoms. The van der Waals surface area contributed by atoms with Crippen LogP contribution in [0.25, 0.3) is 11.2 Å². The van der Waals surface area contributed by atoms with Crippen LogP contribution in [0.4, 0.5) is 5.95 Å². The van der Waals surface area contributed by atoms with E-state index in [0.717, 1.165) is 10.1 Å². The number of nitrogens with one attached hydrogen (secondary N) is 1. The van der Waals surface area contributed by atoms with Crippen molar-refractivity contribution in [2.24, 2.45) is 26.2 Å². The third-order valence-corrected chi connectivity index (χ3v) is 3.54. The molecular weight excluding hydrogens is 298 g/mol. The maximum Gasteiger partial charge on any atom is 0.332 e. The standard InChI is InChI=1S/C14H15N7O2/c1-19-10-11(20(2)14(23)21(3)12(10)22)17-13(19)18-16-8-9-5-4-6-15-7-9/h4-8H,1-3H3,(H,17,18). The molecule has 0 aromatic carbocycles. The second-order valence-electron chi connectivity index (χ2n) is 5.03. The second-order valence-corrected chi connectivity index (χ2v) is 5.03. The molecule has 9 nitrogen and oxygen atoms in total. The highest BCUT2D eigenvalue weighted by Gasteiger charge is 2.16. The molecule has 3 aromatic rings. The van der Waals surface area contributed by atoms with Crippen LogP contribution in [0, 0.1) is 0 Å². The van der Waals surface area contributed by atoms with Gasteiger partial charge in [0.15, 0.2) is 11.2 Å². The maximum atomic E-state index is 12.2. The highest BCUT2D eigenvalue weighted by molar-refractivity contribution is 5.80. The molecule has 0 fully saturated rings. The van der Waals surface area contributed by atoms with Crippen molar-refractivity contribution in [3.8, 4) is 0 Å². The van der Waals surface area contributed by atoms with E-state index in [9.17, 15) is 9.59 Å². The van der Waals surface area contributed by atoms with Crippen LogP contribution in [0.15, 0.2) is 39.2 Å².